The monoisotopic (exact) mass is 1030 g/mol. The summed E-state index contributed by atoms with van der Waals surface area (Å²) >= 11 is 0. The molecule has 17 nitrogen and oxygen atoms in total. The second-order valence-corrected chi connectivity index (χ2v) is 22.0. The molecule has 5 heterocycles. The molecule has 1 saturated heterocycles. The maximum atomic E-state index is 14.4. The van der Waals surface area contributed by atoms with Gasteiger partial charge in [-0.05, 0) is 132 Å². The smallest absolute Gasteiger partial charge is 0.326 e. The van der Waals surface area contributed by atoms with Gasteiger partial charge in [0.2, 0.25) is 6.29 Å². The molecule has 2 aromatic rings. The highest BCUT2D eigenvalue weighted by atomic mass is 16.7. The number of benzene rings is 2. The molecule has 5 aliphatic heterocycles. The first-order valence-corrected chi connectivity index (χ1v) is 26.2. The SMILES string of the molecule is CC(C)=CCC/C(C)=C/CC[C@@]1(C)Oc2c(c(O)cc3c2CN([C@@H](CCCN2Cc4c(cc(O[C@@H]5O[C@H](CO)[C@@H](O)[C@H](O)[C@H]5O)c5c4O[C@](C)(CC/C=C(\C)CCC=C(C)C)[C@@H](O)C5)C2=O)C(=O)O)C3=O)C[C@@H]1O. The van der Waals surface area contributed by atoms with Crippen LogP contribution in [0.1, 0.15) is 163 Å². The van der Waals surface area contributed by atoms with Crippen molar-refractivity contribution in [3.8, 4) is 23.0 Å². The number of phenols is 1. The van der Waals surface area contributed by atoms with E-state index in [-0.39, 0.29) is 73.7 Å². The molecule has 17 heteroatoms. The Morgan fingerprint density at radius 1 is 0.730 bits per heavy atom. The molecular weight excluding hydrogens is 953 g/mol. The van der Waals surface area contributed by atoms with E-state index in [4.69, 9.17) is 18.9 Å². The molecule has 0 aliphatic carbocycles. The summed E-state index contributed by atoms with van der Waals surface area (Å²) in [5, 5.41) is 86.6. The second kappa shape index (κ2) is 23.3. The Bertz CT molecular complexity index is 2560. The van der Waals surface area contributed by atoms with Crippen LogP contribution in [0.15, 0.2) is 58.7 Å². The topological polar surface area (TPSA) is 256 Å². The third kappa shape index (κ3) is 12.0. The van der Waals surface area contributed by atoms with Crippen molar-refractivity contribution in [3.63, 3.8) is 0 Å². The zero-order chi connectivity index (χ0) is 54.0. The van der Waals surface area contributed by atoms with E-state index in [1.165, 1.54) is 39.3 Å². The van der Waals surface area contributed by atoms with Crippen LogP contribution < -0.4 is 14.2 Å². The fourth-order valence-electron chi connectivity index (χ4n) is 10.8. The van der Waals surface area contributed by atoms with Crippen LogP contribution in [0.25, 0.3) is 0 Å². The molecule has 0 radical (unpaired) electrons. The van der Waals surface area contributed by atoms with Gasteiger partial charge in [0.05, 0.1) is 43.0 Å². The number of fused-ring (bicyclic) bond motifs is 6. The van der Waals surface area contributed by atoms with Crippen LogP contribution in [-0.4, -0.2) is 142 Å². The van der Waals surface area contributed by atoms with Crippen LogP contribution in [-0.2, 0) is 35.5 Å². The molecule has 0 bridgehead atoms. The number of carbonyl (C=O) groups is 3. The molecule has 1 fully saturated rings. The van der Waals surface area contributed by atoms with E-state index in [1.807, 2.05) is 13.8 Å². The largest absolute Gasteiger partial charge is 0.508 e. The van der Waals surface area contributed by atoms with Crippen molar-refractivity contribution >= 4 is 17.8 Å². The Morgan fingerprint density at radius 3 is 1.82 bits per heavy atom. The average Bonchev–Trinajstić information content (AvgIpc) is 3.83. The standard InChI is InChI=1S/C57H78N2O15/c1-31(2)14-9-16-33(5)18-11-21-56(7)45(62)26-37-42(61)24-35-40(50(37)73-56)29-59(53(35)68)41(54(69)70)20-13-23-58-28-39-36(52(58)67)25-43(71-55-49(66)48(65)47(64)44(30-60)72-55)38-27-46(63)57(8,74-51(38)39)22-12-19-34(6)17-10-15-32(3)4/h14-15,18-19,24-25,41,44-49,55,60-66H,9-13,16-17,20-23,26-30H2,1-8H3,(H,69,70)/b33-18+,34-19+/t41-,44+,45-,46-,47+,48-,49+,55+,56+,57+/m0/s1. The van der Waals surface area contributed by atoms with E-state index in [1.54, 1.807) is 4.90 Å². The van der Waals surface area contributed by atoms with Gasteiger partial charge in [-0.15, -0.1) is 0 Å². The van der Waals surface area contributed by atoms with E-state index >= 15 is 0 Å². The molecule has 2 amide bonds. The number of rotatable bonds is 21. The second-order valence-electron chi connectivity index (χ2n) is 22.0. The van der Waals surface area contributed by atoms with Crippen molar-refractivity contribution in [2.24, 2.45) is 0 Å². The molecule has 0 saturated carbocycles. The number of carboxylic acids is 1. The van der Waals surface area contributed by atoms with Gasteiger partial charge in [0, 0.05) is 41.6 Å². The first-order valence-electron chi connectivity index (χ1n) is 26.2. The van der Waals surface area contributed by atoms with Gasteiger partial charge in [0.25, 0.3) is 11.8 Å². The van der Waals surface area contributed by atoms with Crippen LogP contribution in [0.5, 0.6) is 23.0 Å². The minimum atomic E-state index is -1.76. The molecular formula is C57H78N2O15. The lowest BCUT2D eigenvalue weighted by atomic mass is 9.84. The number of amides is 2. The molecule has 0 unspecified atom stereocenters. The summed E-state index contributed by atoms with van der Waals surface area (Å²) in [6.45, 7) is 15.4. The minimum Gasteiger partial charge on any atom is -0.508 e. The zero-order valence-electron chi connectivity index (χ0n) is 44.2. The normalized spacial score (nSPS) is 27.9. The number of phenolic OH excluding ortho intramolecular Hbond substituents is 1. The number of hydrogen-bond donors (Lipinski definition) is 8. The van der Waals surface area contributed by atoms with E-state index in [2.05, 4.69) is 65.8 Å². The van der Waals surface area contributed by atoms with E-state index in [9.17, 15) is 55.2 Å². The number of allylic oxidation sites excluding steroid dienone is 8. The Morgan fingerprint density at radius 2 is 1.27 bits per heavy atom. The number of hydrogen-bond acceptors (Lipinski definition) is 14. The summed E-state index contributed by atoms with van der Waals surface area (Å²) in [4.78, 5) is 44.3. The fourth-order valence-corrected chi connectivity index (χ4v) is 10.8. The highest BCUT2D eigenvalue weighted by Gasteiger charge is 2.49. The van der Waals surface area contributed by atoms with Gasteiger partial charge >= 0.3 is 5.97 Å². The van der Waals surface area contributed by atoms with Crippen molar-refractivity contribution in [1.82, 2.24) is 9.80 Å². The van der Waals surface area contributed by atoms with E-state index in [0.717, 1.165) is 25.7 Å². The van der Waals surface area contributed by atoms with E-state index in [0.29, 0.717) is 53.7 Å². The van der Waals surface area contributed by atoms with Crippen LogP contribution in [0.4, 0.5) is 0 Å². The van der Waals surface area contributed by atoms with Gasteiger partial charge in [0.15, 0.2) is 0 Å². The predicted molar refractivity (Wildman–Crippen MR) is 275 cm³/mol. The summed E-state index contributed by atoms with van der Waals surface area (Å²) < 4.78 is 25.1. The van der Waals surface area contributed by atoms with Gasteiger partial charge in [-0.2, -0.15) is 0 Å². The van der Waals surface area contributed by atoms with Crippen molar-refractivity contribution in [3.05, 3.63) is 92.1 Å². The fraction of sp³-hybridized carbons (Fsp3) is 0.596. The summed E-state index contributed by atoms with van der Waals surface area (Å²) in [6, 6.07) is 1.47. The van der Waals surface area contributed by atoms with Gasteiger partial charge < -0.3 is 69.6 Å². The minimum absolute atomic E-state index is 0.0237. The number of carboxylic acid groups (broad SMARTS) is 1. The number of aliphatic hydroxyl groups is 6. The lowest BCUT2D eigenvalue weighted by Crippen LogP contribution is -2.60. The first kappa shape index (κ1) is 56.5. The van der Waals surface area contributed by atoms with Gasteiger partial charge in [0.1, 0.15) is 64.7 Å². The van der Waals surface area contributed by atoms with E-state index < -0.39 is 84.5 Å². The van der Waals surface area contributed by atoms with Crippen molar-refractivity contribution in [2.45, 2.75) is 206 Å². The van der Waals surface area contributed by atoms with Crippen molar-refractivity contribution in [2.75, 3.05) is 13.2 Å². The third-order valence-corrected chi connectivity index (χ3v) is 15.6. The number of nitrogens with zero attached hydrogens (tertiary/aromatic N) is 2. The molecule has 7 rings (SSSR count). The predicted octanol–water partition coefficient (Wildman–Crippen LogP) is 6.47. The molecule has 2 aromatic carbocycles. The Balaban J connectivity index is 1.08. The lowest BCUT2D eigenvalue weighted by Gasteiger charge is -2.42. The summed E-state index contributed by atoms with van der Waals surface area (Å²) in [7, 11) is 0. The molecule has 0 aromatic heterocycles. The molecule has 0 spiro atoms. The highest BCUT2D eigenvalue weighted by Crippen LogP contribution is 2.49. The van der Waals surface area contributed by atoms with Crippen LogP contribution in [0, 0.1) is 0 Å². The number of carbonyl (C=O) groups excluding carboxylic acids is 2. The van der Waals surface area contributed by atoms with Crippen molar-refractivity contribution < 1.29 is 74.2 Å². The Labute approximate surface area is 434 Å². The summed E-state index contributed by atoms with van der Waals surface area (Å²) in [5.74, 6) is -1.87. The van der Waals surface area contributed by atoms with Crippen LogP contribution in [0.2, 0.25) is 0 Å². The quantitative estimate of drug-likeness (QED) is 0.0624. The first-order chi connectivity index (χ1) is 35.0. The number of aromatic hydroxyl groups is 1. The molecule has 406 valence electrons. The molecule has 8 N–H and O–H groups in total. The maximum Gasteiger partial charge on any atom is 0.326 e. The van der Waals surface area contributed by atoms with Gasteiger partial charge in [-0.1, -0.05) is 46.6 Å². The maximum absolute atomic E-state index is 14.4. The Hall–Kier alpha value is -5.27. The third-order valence-electron chi connectivity index (χ3n) is 15.6. The van der Waals surface area contributed by atoms with Crippen LogP contribution in [0.3, 0.4) is 0 Å². The highest BCUT2D eigenvalue weighted by molar-refractivity contribution is 6.02. The average molecular weight is 1030 g/mol. The molecule has 10 atom stereocenters. The van der Waals surface area contributed by atoms with Gasteiger partial charge in [-0.3, -0.25) is 9.59 Å². The lowest BCUT2D eigenvalue weighted by molar-refractivity contribution is -0.277. The Kier molecular flexibility index (Phi) is 17.8. The summed E-state index contributed by atoms with van der Waals surface area (Å²) in [5.41, 5.74) is 4.80. The van der Waals surface area contributed by atoms with Crippen LogP contribution >= 0.6 is 0 Å². The van der Waals surface area contributed by atoms with Gasteiger partial charge in [-0.25, -0.2) is 4.79 Å². The number of aliphatic carboxylic acids is 1. The number of ether oxygens (including phenoxy) is 4. The molecule has 5 aliphatic rings. The number of aliphatic hydroxyl groups excluding tert-OH is 6. The molecule has 74 heavy (non-hydrogen) atoms. The summed E-state index contributed by atoms with van der Waals surface area (Å²) in [6.07, 6.45) is 4.66. The van der Waals surface area contributed by atoms with Crippen molar-refractivity contribution in [1.29, 1.82) is 0 Å². The zero-order valence-corrected chi connectivity index (χ0v) is 44.2.